The van der Waals surface area contributed by atoms with Crippen LogP contribution in [0.25, 0.3) is 10.6 Å². The van der Waals surface area contributed by atoms with Gasteiger partial charge in [0.15, 0.2) is 0 Å². The maximum atomic E-state index is 13.3. The van der Waals surface area contributed by atoms with Gasteiger partial charge in [-0.05, 0) is 45.0 Å². The molecule has 0 atom stereocenters. The molecule has 1 aliphatic rings. The second kappa shape index (κ2) is 10.8. The average molecular weight is 486 g/mol. The molecule has 4 rings (SSSR count). The normalized spacial score (nSPS) is 13.6. The van der Waals surface area contributed by atoms with Gasteiger partial charge in [-0.25, -0.2) is 9.37 Å². The molecule has 0 bridgehead atoms. The van der Waals surface area contributed by atoms with Gasteiger partial charge in [-0.2, -0.15) is 0 Å². The fourth-order valence-electron chi connectivity index (χ4n) is 3.75. The fraction of sp³-hybridized carbons (Fsp3) is 0.360. The molecule has 1 fully saturated rings. The predicted octanol–water partition coefficient (Wildman–Crippen LogP) is 5.14. The molecule has 1 amide bonds. The van der Waals surface area contributed by atoms with Crippen molar-refractivity contribution in [2.24, 2.45) is 0 Å². The summed E-state index contributed by atoms with van der Waals surface area (Å²) in [4.78, 5) is 20.4. The van der Waals surface area contributed by atoms with E-state index in [2.05, 4.69) is 15.2 Å². The molecule has 180 valence electrons. The number of aryl methyl sites for hydroxylation is 1. The van der Waals surface area contributed by atoms with E-state index in [0.29, 0.717) is 59.2 Å². The van der Waals surface area contributed by atoms with Crippen LogP contribution in [0.4, 0.5) is 15.8 Å². The minimum absolute atomic E-state index is 0.286. The van der Waals surface area contributed by atoms with E-state index < -0.39 is 0 Å². The molecule has 2 aromatic carbocycles. The largest absolute Gasteiger partial charge is 0.492 e. The lowest BCUT2D eigenvalue weighted by atomic mass is 10.2. The number of hydrogen-bond acceptors (Lipinski definition) is 7. The highest BCUT2D eigenvalue weighted by atomic mass is 32.1. The number of anilines is 2. The van der Waals surface area contributed by atoms with Crippen LogP contribution < -0.4 is 19.7 Å². The van der Waals surface area contributed by atoms with Crippen molar-refractivity contribution >= 4 is 28.6 Å². The molecular weight excluding hydrogens is 457 g/mol. The maximum Gasteiger partial charge on any atom is 0.267 e. The van der Waals surface area contributed by atoms with Crippen molar-refractivity contribution in [1.82, 2.24) is 4.98 Å². The van der Waals surface area contributed by atoms with Gasteiger partial charge in [-0.3, -0.25) is 4.79 Å². The van der Waals surface area contributed by atoms with Gasteiger partial charge >= 0.3 is 0 Å². The van der Waals surface area contributed by atoms with Gasteiger partial charge in [0.25, 0.3) is 5.91 Å². The molecule has 1 saturated heterocycles. The first-order valence-corrected chi connectivity index (χ1v) is 12.1. The number of nitrogens with zero attached hydrogens (tertiary/aromatic N) is 2. The van der Waals surface area contributed by atoms with E-state index in [1.807, 2.05) is 26.0 Å². The van der Waals surface area contributed by atoms with Crippen LogP contribution in [0.15, 0.2) is 36.4 Å². The fourth-order valence-corrected chi connectivity index (χ4v) is 4.71. The van der Waals surface area contributed by atoms with Crippen molar-refractivity contribution in [3.63, 3.8) is 0 Å². The van der Waals surface area contributed by atoms with Crippen LogP contribution >= 0.6 is 11.3 Å². The lowest BCUT2D eigenvalue weighted by molar-refractivity contribution is 0.102. The SMILES string of the molecule is CCOc1cc(N2CCOCC2)c(OCC)cc1NC(=O)c1sc(-c2ccc(F)cc2)nc1C. The Balaban J connectivity index is 1.64. The number of ether oxygens (including phenoxy) is 3. The summed E-state index contributed by atoms with van der Waals surface area (Å²) in [6.07, 6.45) is 0. The first-order chi connectivity index (χ1) is 16.5. The summed E-state index contributed by atoms with van der Waals surface area (Å²) in [6, 6.07) is 9.80. The summed E-state index contributed by atoms with van der Waals surface area (Å²) in [6.45, 7) is 9.36. The zero-order chi connectivity index (χ0) is 24.1. The Morgan fingerprint density at radius 1 is 1.12 bits per heavy atom. The Labute approximate surface area is 202 Å². The number of morpholine rings is 1. The predicted molar refractivity (Wildman–Crippen MR) is 132 cm³/mol. The Kier molecular flexibility index (Phi) is 7.64. The van der Waals surface area contributed by atoms with Crippen LogP contribution in [-0.4, -0.2) is 50.4 Å². The molecule has 7 nitrogen and oxygen atoms in total. The molecule has 9 heteroatoms. The molecule has 3 aromatic rings. The maximum absolute atomic E-state index is 13.3. The van der Waals surface area contributed by atoms with E-state index in [9.17, 15) is 9.18 Å². The highest BCUT2D eigenvalue weighted by Crippen LogP contribution is 2.40. The molecule has 1 aliphatic heterocycles. The van der Waals surface area contributed by atoms with E-state index in [1.165, 1.54) is 23.5 Å². The summed E-state index contributed by atoms with van der Waals surface area (Å²) in [5.41, 5.74) is 2.81. The van der Waals surface area contributed by atoms with Gasteiger partial charge in [0, 0.05) is 30.8 Å². The molecule has 2 heterocycles. The number of nitrogens with one attached hydrogen (secondary N) is 1. The number of thiazole rings is 1. The Morgan fingerprint density at radius 2 is 1.79 bits per heavy atom. The number of amides is 1. The van der Waals surface area contributed by atoms with Gasteiger partial charge in [-0.1, -0.05) is 0 Å². The Bertz CT molecular complexity index is 1140. The lowest BCUT2D eigenvalue weighted by Crippen LogP contribution is -2.36. The molecule has 0 unspecified atom stereocenters. The highest BCUT2D eigenvalue weighted by molar-refractivity contribution is 7.17. The first kappa shape index (κ1) is 24.0. The number of carbonyl (C=O) groups is 1. The first-order valence-electron chi connectivity index (χ1n) is 11.3. The second-order valence-corrected chi connectivity index (χ2v) is 8.68. The zero-order valence-corrected chi connectivity index (χ0v) is 20.3. The number of benzene rings is 2. The zero-order valence-electron chi connectivity index (χ0n) is 19.5. The van der Waals surface area contributed by atoms with Crippen LogP contribution in [0.1, 0.15) is 29.2 Å². The summed E-state index contributed by atoms with van der Waals surface area (Å²) < 4.78 is 30.6. The third-order valence-electron chi connectivity index (χ3n) is 5.35. The smallest absolute Gasteiger partial charge is 0.267 e. The monoisotopic (exact) mass is 485 g/mol. The quantitative estimate of drug-likeness (QED) is 0.476. The van der Waals surface area contributed by atoms with Crippen molar-refractivity contribution < 1.29 is 23.4 Å². The third kappa shape index (κ3) is 5.31. The Hall–Kier alpha value is -3.17. The minimum Gasteiger partial charge on any atom is -0.492 e. The van der Waals surface area contributed by atoms with Gasteiger partial charge in [-0.15, -0.1) is 11.3 Å². The van der Waals surface area contributed by atoms with Crippen molar-refractivity contribution in [1.29, 1.82) is 0 Å². The van der Waals surface area contributed by atoms with Crippen LogP contribution in [0, 0.1) is 12.7 Å². The highest BCUT2D eigenvalue weighted by Gasteiger charge is 2.22. The van der Waals surface area contributed by atoms with Gasteiger partial charge in [0.2, 0.25) is 0 Å². The van der Waals surface area contributed by atoms with Gasteiger partial charge < -0.3 is 24.4 Å². The van der Waals surface area contributed by atoms with Crippen LogP contribution in [0.5, 0.6) is 11.5 Å². The van der Waals surface area contributed by atoms with Crippen molar-refractivity contribution in [3.8, 4) is 22.1 Å². The molecule has 0 radical (unpaired) electrons. The summed E-state index contributed by atoms with van der Waals surface area (Å²) in [7, 11) is 0. The number of carbonyl (C=O) groups excluding carboxylic acids is 1. The lowest BCUT2D eigenvalue weighted by Gasteiger charge is -2.31. The van der Waals surface area contributed by atoms with E-state index in [-0.39, 0.29) is 11.7 Å². The summed E-state index contributed by atoms with van der Waals surface area (Å²) in [5.74, 6) is 0.646. The van der Waals surface area contributed by atoms with Crippen molar-refractivity contribution in [2.45, 2.75) is 20.8 Å². The van der Waals surface area contributed by atoms with Gasteiger partial charge in [0.1, 0.15) is 27.2 Å². The molecule has 0 spiro atoms. The number of hydrogen-bond donors (Lipinski definition) is 1. The van der Waals surface area contributed by atoms with Crippen LogP contribution in [-0.2, 0) is 4.74 Å². The Morgan fingerprint density at radius 3 is 2.47 bits per heavy atom. The minimum atomic E-state index is -0.316. The number of rotatable bonds is 8. The molecule has 0 aliphatic carbocycles. The molecule has 1 aromatic heterocycles. The van der Waals surface area contributed by atoms with E-state index in [1.54, 1.807) is 19.1 Å². The molecule has 34 heavy (non-hydrogen) atoms. The van der Waals surface area contributed by atoms with Crippen molar-refractivity contribution in [3.05, 3.63) is 52.8 Å². The summed E-state index contributed by atoms with van der Waals surface area (Å²) >= 11 is 1.27. The molecular formula is C25H28FN3O4S. The number of aromatic nitrogens is 1. The van der Waals surface area contributed by atoms with Crippen LogP contribution in [0.2, 0.25) is 0 Å². The second-order valence-electron chi connectivity index (χ2n) is 7.68. The summed E-state index contributed by atoms with van der Waals surface area (Å²) in [5, 5.41) is 3.64. The topological polar surface area (TPSA) is 72.9 Å². The number of halogens is 1. The standard InChI is InChI=1S/C25H28FN3O4S/c1-4-32-21-15-20(29-10-12-31-13-11-29)22(33-5-2)14-19(21)28-24(30)23-16(3)27-25(34-23)17-6-8-18(26)9-7-17/h6-9,14-15H,4-5,10-13H2,1-3H3,(H,28,30). The third-order valence-corrected chi connectivity index (χ3v) is 6.56. The van der Waals surface area contributed by atoms with Crippen molar-refractivity contribution in [2.75, 3.05) is 49.7 Å². The van der Waals surface area contributed by atoms with E-state index >= 15 is 0 Å². The van der Waals surface area contributed by atoms with Gasteiger partial charge in [0.05, 0.1) is 43.5 Å². The molecule has 1 N–H and O–H groups in total. The van der Waals surface area contributed by atoms with Crippen LogP contribution in [0.3, 0.4) is 0 Å². The van der Waals surface area contributed by atoms with E-state index in [4.69, 9.17) is 14.2 Å². The molecule has 0 saturated carbocycles. The average Bonchev–Trinajstić information content (AvgIpc) is 3.23. The van der Waals surface area contributed by atoms with E-state index in [0.717, 1.165) is 24.3 Å².